The van der Waals surface area contributed by atoms with E-state index in [0.717, 1.165) is 54.1 Å². The highest BCUT2D eigenvalue weighted by Gasteiger charge is 2.30. The van der Waals surface area contributed by atoms with Gasteiger partial charge in [0.1, 0.15) is 0 Å². The number of H-pyrrole nitrogens is 1. The fourth-order valence-electron chi connectivity index (χ4n) is 5.60. The summed E-state index contributed by atoms with van der Waals surface area (Å²) in [6.45, 7) is 12.0. The number of carbonyl (C=O) groups is 2. The number of carbonyl (C=O) groups excluding carboxylic acids is 2. The van der Waals surface area contributed by atoms with E-state index in [9.17, 15) is 9.59 Å². The lowest BCUT2D eigenvalue weighted by molar-refractivity contribution is -0.110. The lowest BCUT2D eigenvalue weighted by atomic mass is 9.85. The van der Waals surface area contributed by atoms with Crippen molar-refractivity contribution in [1.29, 1.82) is 0 Å². The van der Waals surface area contributed by atoms with Crippen molar-refractivity contribution >= 4 is 29.2 Å². The molecule has 36 heavy (non-hydrogen) atoms. The fraction of sp³-hybridized carbons (Fsp3) is 0.517. The molecule has 0 radical (unpaired) electrons. The Morgan fingerprint density at radius 1 is 1.14 bits per heavy atom. The van der Waals surface area contributed by atoms with Crippen LogP contribution in [-0.2, 0) is 4.79 Å². The summed E-state index contributed by atoms with van der Waals surface area (Å²) in [5, 5.41) is 6.43. The quantitative estimate of drug-likeness (QED) is 0.554. The first-order valence-corrected chi connectivity index (χ1v) is 13.3. The van der Waals surface area contributed by atoms with Gasteiger partial charge < -0.3 is 25.4 Å². The summed E-state index contributed by atoms with van der Waals surface area (Å²) >= 11 is 0. The summed E-state index contributed by atoms with van der Waals surface area (Å²) in [7, 11) is 3.50. The summed E-state index contributed by atoms with van der Waals surface area (Å²) in [6.07, 6.45) is 6.89. The van der Waals surface area contributed by atoms with Crippen LogP contribution in [0.3, 0.4) is 0 Å². The standard InChI is InChI=1S/C23H28N4O2.C6H13N/c1-13-19(25-14(2)20(13)23(29)27(3)4)12-17-21-16(15-8-10-24-11-9-15)6-5-7-18(21)26-22(17)28;1-2-7-5-3-4-6-7/h5-7,12,15,24-25H,8-11H2,1-4H3,(H,26,28);2-6H2,1H3/b17-12-;. The number of amides is 2. The number of rotatable bonds is 4. The highest BCUT2D eigenvalue weighted by atomic mass is 16.2. The minimum atomic E-state index is -0.0893. The Labute approximate surface area is 215 Å². The van der Waals surface area contributed by atoms with Crippen LogP contribution in [0.15, 0.2) is 18.2 Å². The predicted octanol–water partition coefficient (Wildman–Crippen LogP) is 4.40. The topological polar surface area (TPSA) is 80.5 Å². The molecule has 1 aromatic carbocycles. The number of aromatic amines is 1. The first kappa shape index (κ1) is 26.2. The van der Waals surface area contributed by atoms with Crippen LogP contribution in [0, 0.1) is 13.8 Å². The van der Waals surface area contributed by atoms with Crippen LogP contribution in [0.5, 0.6) is 0 Å². The van der Waals surface area contributed by atoms with Gasteiger partial charge in [-0.25, -0.2) is 0 Å². The fourth-order valence-corrected chi connectivity index (χ4v) is 5.60. The average molecular weight is 492 g/mol. The Bertz CT molecular complexity index is 1130. The van der Waals surface area contributed by atoms with Crippen molar-refractivity contribution in [2.45, 2.75) is 52.4 Å². The molecule has 0 unspecified atom stereocenters. The van der Waals surface area contributed by atoms with Crippen molar-refractivity contribution in [3.05, 3.63) is 51.8 Å². The number of aromatic nitrogens is 1. The number of fused-ring (bicyclic) bond motifs is 1. The van der Waals surface area contributed by atoms with Gasteiger partial charge >= 0.3 is 0 Å². The molecule has 7 nitrogen and oxygen atoms in total. The lowest BCUT2D eigenvalue weighted by Gasteiger charge is -2.25. The summed E-state index contributed by atoms with van der Waals surface area (Å²) in [6, 6.07) is 6.14. The number of likely N-dealkylation sites (tertiary alicyclic amines) is 1. The van der Waals surface area contributed by atoms with Crippen LogP contribution in [-0.4, -0.2) is 73.4 Å². The van der Waals surface area contributed by atoms with Crippen LogP contribution >= 0.6 is 0 Å². The van der Waals surface area contributed by atoms with E-state index in [1.54, 1.807) is 19.0 Å². The molecule has 2 amide bonds. The molecule has 3 aliphatic heterocycles. The zero-order chi connectivity index (χ0) is 25.8. The van der Waals surface area contributed by atoms with Gasteiger partial charge in [-0.15, -0.1) is 0 Å². The van der Waals surface area contributed by atoms with E-state index in [1.165, 1.54) is 38.0 Å². The zero-order valence-electron chi connectivity index (χ0n) is 22.5. The molecule has 2 saturated heterocycles. The first-order valence-electron chi connectivity index (χ1n) is 13.3. The summed E-state index contributed by atoms with van der Waals surface area (Å²) < 4.78 is 0. The van der Waals surface area contributed by atoms with Crippen LogP contribution < -0.4 is 10.6 Å². The molecule has 7 heteroatoms. The van der Waals surface area contributed by atoms with Gasteiger partial charge in [0.15, 0.2) is 0 Å². The summed E-state index contributed by atoms with van der Waals surface area (Å²) in [5.41, 5.74) is 6.96. The highest BCUT2D eigenvalue weighted by molar-refractivity contribution is 6.35. The molecule has 3 N–H and O–H groups in total. The van der Waals surface area contributed by atoms with Crippen molar-refractivity contribution in [2.24, 2.45) is 0 Å². The normalized spacial score (nSPS) is 19.1. The maximum absolute atomic E-state index is 12.8. The van der Waals surface area contributed by atoms with Crippen LogP contribution in [0.1, 0.15) is 77.0 Å². The molecule has 0 bridgehead atoms. The van der Waals surface area contributed by atoms with Crippen molar-refractivity contribution in [3.8, 4) is 0 Å². The molecule has 0 atom stereocenters. The maximum atomic E-state index is 12.8. The molecule has 0 saturated carbocycles. The molecular weight excluding hydrogens is 450 g/mol. The van der Waals surface area contributed by atoms with Gasteiger partial charge in [0.05, 0.1) is 11.1 Å². The number of hydrogen-bond donors (Lipinski definition) is 3. The second-order valence-corrected chi connectivity index (χ2v) is 10.3. The lowest BCUT2D eigenvalue weighted by Crippen LogP contribution is -2.27. The van der Waals surface area contributed by atoms with E-state index in [4.69, 9.17) is 0 Å². The number of hydrogen-bond acceptors (Lipinski definition) is 4. The molecule has 2 fully saturated rings. The number of nitrogens with one attached hydrogen (secondary N) is 3. The molecule has 5 rings (SSSR count). The molecule has 0 aliphatic carbocycles. The second-order valence-electron chi connectivity index (χ2n) is 10.3. The Morgan fingerprint density at radius 3 is 2.44 bits per heavy atom. The van der Waals surface area contributed by atoms with E-state index in [-0.39, 0.29) is 11.8 Å². The minimum absolute atomic E-state index is 0.0347. The summed E-state index contributed by atoms with van der Waals surface area (Å²) in [4.78, 5) is 32.8. The van der Waals surface area contributed by atoms with E-state index >= 15 is 0 Å². The van der Waals surface area contributed by atoms with Crippen molar-refractivity contribution in [3.63, 3.8) is 0 Å². The monoisotopic (exact) mass is 491 g/mol. The Hall–Kier alpha value is -2.90. The van der Waals surface area contributed by atoms with E-state index in [2.05, 4.69) is 33.5 Å². The number of anilines is 1. The van der Waals surface area contributed by atoms with Gasteiger partial charge in [0.25, 0.3) is 11.8 Å². The van der Waals surface area contributed by atoms with E-state index < -0.39 is 0 Å². The Morgan fingerprint density at radius 2 is 1.83 bits per heavy atom. The van der Waals surface area contributed by atoms with Gasteiger partial charge in [0, 0.05) is 36.7 Å². The smallest absolute Gasteiger partial charge is 0.256 e. The first-order chi connectivity index (χ1) is 17.3. The summed E-state index contributed by atoms with van der Waals surface area (Å²) in [5.74, 6) is 0.320. The van der Waals surface area contributed by atoms with Crippen molar-refractivity contribution < 1.29 is 9.59 Å². The Balaban J connectivity index is 0.000000375. The van der Waals surface area contributed by atoms with Gasteiger partial charge in [-0.05, 0) is 101 Å². The maximum Gasteiger partial charge on any atom is 0.256 e. The second kappa shape index (κ2) is 11.4. The van der Waals surface area contributed by atoms with Gasteiger partial charge in [-0.1, -0.05) is 19.1 Å². The third-order valence-corrected chi connectivity index (χ3v) is 7.67. The number of nitrogens with zero attached hydrogens (tertiary/aromatic N) is 2. The zero-order valence-corrected chi connectivity index (χ0v) is 22.5. The van der Waals surface area contributed by atoms with E-state index in [1.807, 2.05) is 32.1 Å². The molecule has 4 heterocycles. The van der Waals surface area contributed by atoms with Crippen molar-refractivity contribution in [1.82, 2.24) is 20.1 Å². The molecule has 0 spiro atoms. The largest absolute Gasteiger partial charge is 0.358 e. The van der Waals surface area contributed by atoms with Crippen LogP contribution in [0.4, 0.5) is 5.69 Å². The predicted molar refractivity (Wildman–Crippen MR) is 147 cm³/mol. The molecule has 1 aromatic heterocycles. The number of benzene rings is 1. The van der Waals surface area contributed by atoms with Crippen molar-refractivity contribution in [2.75, 3.05) is 52.1 Å². The van der Waals surface area contributed by atoms with Crippen LogP contribution in [0.2, 0.25) is 0 Å². The van der Waals surface area contributed by atoms with E-state index in [0.29, 0.717) is 17.1 Å². The van der Waals surface area contributed by atoms with Gasteiger partial charge in [-0.2, -0.15) is 0 Å². The third kappa shape index (κ3) is 5.42. The molecular formula is C29H41N5O2. The molecule has 2 aromatic rings. The molecule has 194 valence electrons. The molecule has 3 aliphatic rings. The highest BCUT2D eigenvalue weighted by Crippen LogP contribution is 2.41. The Kier molecular flexibility index (Phi) is 8.32. The average Bonchev–Trinajstić information content (AvgIpc) is 3.58. The van der Waals surface area contributed by atoms with Crippen LogP contribution in [0.25, 0.3) is 11.6 Å². The minimum Gasteiger partial charge on any atom is -0.358 e. The number of aryl methyl sites for hydroxylation is 1. The van der Waals surface area contributed by atoms with Gasteiger partial charge in [-0.3, -0.25) is 9.59 Å². The van der Waals surface area contributed by atoms with Gasteiger partial charge in [0.2, 0.25) is 0 Å². The number of piperidine rings is 1. The SMILES string of the molecule is CCN1CCCC1.Cc1[nH]c(/C=C2\C(=O)Nc3cccc(C4CCNCC4)c32)c(C)c1C(=O)N(C)C. The third-order valence-electron chi connectivity index (χ3n) is 7.67.